The number of rotatable bonds is 2. The van der Waals surface area contributed by atoms with Gasteiger partial charge in [0, 0.05) is 34.3 Å². The lowest BCUT2D eigenvalue weighted by atomic mass is 10.1. The van der Waals surface area contributed by atoms with E-state index in [1.54, 1.807) is 36.5 Å². The molecule has 0 unspecified atom stereocenters. The molecule has 0 aliphatic carbocycles. The Morgan fingerprint density at radius 3 is 2.45 bits per heavy atom. The minimum Gasteiger partial charge on any atom is -0.288 e. The van der Waals surface area contributed by atoms with Crippen molar-refractivity contribution in [2.75, 3.05) is 4.90 Å². The molecule has 1 aliphatic rings. The highest BCUT2D eigenvalue weighted by atomic mass is 35.5. The Morgan fingerprint density at radius 2 is 1.82 bits per heavy atom. The van der Waals surface area contributed by atoms with Crippen LogP contribution in [0.3, 0.4) is 0 Å². The smallest absolute Gasteiger partial charge is 0.227 e. The zero-order valence-electron chi connectivity index (χ0n) is 11.7. The van der Waals surface area contributed by atoms with E-state index in [1.807, 2.05) is 18.2 Å². The third kappa shape index (κ3) is 2.80. The molecule has 0 fully saturated rings. The Kier molecular flexibility index (Phi) is 4.05. The summed E-state index contributed by atoms with van der Waals surface area (Å²) in [4.78, 5) is 27.2. The Labute approximate surface area is 137 Å². The van der Waals surface area contributed by atoms with Gasteiger partial charge in [0.2, 0.25) is 11.7 Å². The highest BCUT2D eigenvalue weighted by Gasteiger charge is 2.26. The first-order valence-corrected chi connectivity index (χ1v) is 7.84. The van der Waals surface area contributed by atoms with Crippen molar-refractivity contribution in [1.29, 1.82) is 0 Å². The van der Waals surface area contributed by atoms with E-state index in [0.717, 1.165) is 4.90 Å². The minimum atomic E-state index is -0.167. The lowest BCUT2D eigenvalue weighted by Crippen LogP contribution is -2.22. The molecule has 1 aliphatic heterocycles. The maximum absolute atomic E-state index is 12.4. The monoisotopic (exact) mass is 329 g/mol. The van der Waals surface area contributed by atoms with Gasteiger partial charge in [0.15, 0.2) is 0 Å². The number of hydrogen-bond acceptors (Lipinski definition) is 3. The van der Waals surface area contributed by atoms with Gasteiger partial charge in [-0.05, 0) is 36.4 Å². The maximum atomic E-state index is 12.4. The van der Waals surface area contributed by atoms with E-state index < -0.39 is 0 Å². The van der Waals surface area contributed by atoms with Crippen LogP contribution in [-0.2, 0) is 4.79 Å². The summed E-state index contributed by atoms with van der Waals surface area (Å²) in [6.07, 6.45) is 1.60. The van der Waals surface area contributed by atoms with Crippen LogP contribution in [0.25, 0.3) is 0 Å². The summed E-state index contributed by atoms with van der Waals surface area (Å²) in [6.45, 7) is 1.46. The predicted molar refractivity (Wildman–Crippen MR) is 89.3 cm³/mol. The number of thioether (sulfide) groups is 1. The van der Waals surface area contributed by atoms with Crippen LogP contribution in [0.15, 0.2) is 64.5 Å². The van der Waals surface area contributed by atoms with E-state index in [1.165, 1.54) is 23.6 Å². The fourth-order valence-electron chi connectivity index (χ4n) is 2.19. The van der Waals surface area contributed by atoms with Crippen LogP contribution in [0.2, 0.25) is 5.02 Å². The highest BCUT2D eigenvalue weighted by Crippen LogP contribution is 2.40. The van der Waals surface area contributed by atoms with Crippen molar-refractivity contribution in [3.63, 3.8) is 0 Å². The second-order valence-electron chi connectivity index (χ2n) is 4.79. The molecule has 22 heavy (non-hydrogen) atoms. The number of hydrogen-bond donors (Lipinski definition) is 0. The fourth-order valence-corrected chi connectivity index (χ4v) is 3.33. The third-order valence-electron chi connectivity index (χ3n) is 3.27. The molecule has 0 N–H and O–H groups in total. The van der Waals surface area contributed by atoms with Crippen molar-refractivity contribution in [1.82, 2.24) is 0 Å². The van der Waals surface area contributed by atoms with Gasteiger partial charge >= 0.3 is 0 Å². The van der Waals surface area contributed by atoms with Gasteiger partial charge in [0.05, 0.1) is 4.91 Å². The number of fused-ring (bicyclic) bond motifs is 1. The van der Waals surface area contributed by atoms with Gasteiger partial charge in [-0.25, -0.2) is 0 Å². The Balaban J connectivity index is 1.97. The first-order chi connectivity index (χ1) is 10.6. The summed E-state index contributed by atoms with van der Waals surface area (Å²) in [7, 11) is 0. The lowest BCUT2D eigenvalue weighted by Gasteiger charge is -2.17. The van der Waals surface area contributed by atoms with Gasteiger partial charge in [0.25, 0.3) is 0 Å². The molecule has 2 aromatic rings. The van der Waals surface area contributed by atoms with Crippen LogP contribution in [0.4, 0.5) is 5.69 Å². The van der Waals surface area contributed by atoms with Gasteiger partial charge in [-0.2, -0.15) is 0 Å². The van der Waals surface area contributed by atoms with E-state index >= 15 is 0 Å². The molecule has 0 saturated carbocycles. The summed E-state index contributed by atoms with van der Waals surface area (Å²) in [6, 6.07) is 14.3. The summed E-state index contributed by atoms with van der Waals surface area (Å²) in [5.41, 5.74) is 1.35. The SMILES string of the molecule is CC(=O)N(C=C1Sc2ccccc2C1=O)c1ccc(Cl)cc1. The van der Waals surface area contributed by atoms with Crippen molar-refractivity contribution >= 4 is 40.7 Å². The van der Waals surface area contributed by atoms with Gasteiger partial charge in [-0.15, -0.1) is 0 Å². The van der Waals surface area contributed by atoms with Crippen LogP contribution in [0.1, 0.15) is 17.3 Å². The zero-order chi connectivity index (χ0) is 15.7. The predicted octanol–water partition coefficient (Wildman–Crippen LogP) is 4.52. The first kappa shape index (κ1) is 14.9. The topological polar surface area (TPSA) is 37.4 Å². The Morgan fingerprint density at radius 1 is 1.14 bits per heavy atom. The number of halogens is 1. The van der Waals surface area contributed by atoms with E-state index in [-0.39, 0.29) is 11.7 Å². The summed E-state index contributed by atoms with van der Waals surface area (Å²) in [5, 5.41) is 0.596. The maximum Gasteiger partial charge on any atom is 0.227 e. The van der Waals surface area contributed by atoms with Crippen molar-refractivity contribution < 1.29 is 9.59 Å². The Hall–Kier alpha value is -2.04. The van der Waals surface area contributed by atoms with Crippen LogP contribution in [-0.4, -0.2) is 11.7 Å². The molecule has 2 aromatic carbocycles. The Bertz CT molecular complexity index is 784. The second kappa shape index (κ2) is 5.99. The molecule has 5 heteroatoms. The molecule has 110 valence electrons. The second-order valence-corrected chi connectivity index (χ2v) is 6.31. The summed E-state index contributed by atoms with van der Waals surface area (Å²) < 4.78 is 0. The third-order valence-corrected chi connectivity index (χ3v) is 4.60. The van der Waals surface area contributed by atoms with Crippen molar-refractivity contribution in [2.24, 2.45) is 0 Å². The van der Waals surface area contributed by atoms with Crippen molar-refractivity contribution in [3.8, 4) is 0 Å². The molecule has 0 bridgehead atoms. The largest absolute Gasteiger partial charge is 0.288 e. The fraction of sp³-hybridized carbons (Fsp3) is 0.0588. The number of carbonyl (C=O) groups is 2. The standard InChI is InChI=1S/C17H12ClNO2S/c1-11(20)19(13-8-6-12(18)7-9-13)10-16-17(21)14-4-2-3-5-15(14)22-16/h2-10H,1H3. The van der Waals surface area contributed by atoms with E-state index in [0.29, 0.717) is 21.2 Å². The van der Waals surface area contributed by atoms with Crippen molar-refractivity contribution in [2.45, 2.75) is 11.8 Å². The first-order valence-electron chi connectivity index (χ1n) is 6.65. The molecule has 0 aromatic heterocycles. The minimum absolute atomic E-state index is 0.0548. The molecule has 0 saturated heterocycles. The highest BCUT2D eigenvalue weighted by molar-refractivity contribution is 8.04. The number of amides is 1. The van der Waals surface area contributed by atoms with Gasteiger partial charge in [-0.3, -0.25) is 14.5 Å². The van der Waals surface area contributed by atoms with E-state index in [2.05, 4.69) is 0 Å². The van der Waals surface area contributed by atoms with Gasteiger partial charge in [0.1, 0.15) is 0 Å². The molecule has 0 atom stereocenters. The van der Waals surface area contributed by atoms with Crippen LogP contribution in [0, 0.1) is 0 Å². The number of nitrogens with zero attached hydrogens (tertiary/aromatic N) is 1. The number of Topliss-reactive ketones (excluding diaryl/α,β-unsaturated/α-hetero) is 1. The number of benzene rings is 2. The average molecular weight is 330 g/mol. The van der Waals surface area contributed by atoms with Gasteiger partial charge < -0.3 is 0 Å². The number of allylic oxidation sites excluding steroid dienone is 1. The molecular weight excluding hydrogens is 318 g/mol. The average Bonchev–Trinajstić information content (AvgIpc) is 2.82. The van der Waals surface area contributed by atoms with Crippen LogP contribution < -0.4 is 4.90 Å². The van der Waals surface area contributed by atoms with E-state index in [4.69, 9.17) is 11.6 Å². The summed E-state index contributed by atoms with van der Waals surface area (Å²) in [5.74, 6) is -0.222. The normalized spacial score (nSPS) is 15.0. The molecular formula is C17H12ClNO2S. The van der Waals surface area contributed by atoms with Gasteiger partial charge in [-0.1, -0.05) is 35.5 Å². The quantitative estimate of drug-likeness (QED) is 0.760. The molecule has 1 heterocycles. The van der Waals surface area contributed by atoms with Crippen LogP contribution >= 0.6 is 23.4 Å². The number of carbonyl (C=O) groups excluding carboxylic acids is 2. The molecule has 1 amide bonds. The molecule has 0 spiro atoms. The number of ketones is 1. The van der Waals surface area contributed by atoms with Crippen LogP contribution in [0.5, 0.6) is 0 Å². The molecule has 3 nitrogen and oxygen atoms in total. The lowest BCUT2D eigenvalue weighted by molar-refractivity contribution is -0.116. The molecule has 0 radical (unpaired) electrons. The van der Waals surface area contributed by atoms with Crippen molar-refractivity contribution in [3.05, 3.63) is 70.2 Å². The van der Waals surface area contributed by atoms with E-state index in [9.17, 15) is 9.59 Å². The summed E-state index contributed by atoms with van der Waals surface area (Å²) >= 11 is 7.25. The molecule has 3 rings (SSSR count). The number of anilines is 1. The zero-order valence-corrected chi connectivity index (χ0v) is 13.3.